The van der Waals surface area contributed by atoms with Crippen molar-refractivity contribution in [2.45, 2.75) is 26.4 Å². The molecule has 0 bridgehead atoms. The third-order valence-corrected chi connectivity index (χ3v) is 4.23. The highest BCUT2D eigenvalue weighted by Gasteiger charge is 2.09. The van der Waals surface area contributed by atoms with Crippen molar-refractivity contribution in [2.75, 3.05) is 0 Å². The molecule has 2 nitrogen and oxygen atoms in total. The van der Waals surface area contributed by atoms with Crippen LogP contribution in [0.3, 0.4) is 0 Å². The van der Waals surface area contributed by atoms with Crippen LogP contribution in [0.4, 0.5) is 0 Å². The minimum Gasteiger partial charge on any atom is -0.305 e. The lowest BCUT2D eigenvalue weighted by atomic mass is 10.0. The van der Waals surface area contributed by atoms with Crippen LogP contribution in [0, 0.1) is 6.92 Å². The quantitative estimate of drug-likeness (QED) is 0.822. The third-order valence-electron chi connectivity index (χ3n) is 3.11. The smallest absolute Gasteiger partial charge is 0.0684 e. The van der Waals surface area contributed by atoms with Gasteiger partial charge in [-0.2, -0.15) is 0 Å². The van der Waals surface area contributed by atoms with E-state index < -0.39 is 0 Å². The van der Waals surface area contributed by atoms with Crippen LogP contribution in [0.25, 0.3) is 0 Å². The summed E-state index contributed by atoms with van der Waals surface area (Å²) in [5.41, 5.74) is 3.66. The average molecular weight is 384 g/mol. The van der Waals surface area contributed by atoms with Crippen LogP contribution in [-0.2, 0) is 6.54 Å². The molecule has 0 saturated carbocycles. The summed E-state index contributed by atoms with van der Waals surface area (Å²) in [6.07, 6.45) is 1.82. The van der Waals surface area contributed by atoms with Crippen molar-refractivity contribution in [3.8, 4) is 0 Å². The Hall–Kier alpha value is -0.710. The van der Waals surface area contributed by atoms with E-state index in [1.165, 1.54) is 11.1 Å². The van der Waals surface area contributed by atoms with E-state index in [2.05, 4.69) is 80.3 Å². The Balaban J connectivity index is 2.04. The van der Waals surface area contributed by atoms with Gasteiger partial charge in [0.05, 0.1) is 5.69 Å². The van der Waals surface area contributed by atoms with Crippen LogP contribution in [0.5, 0.6) is 0 Å². The molecule has 0 aliphatic carbocycles. The Morgan fingerprint density at radius 3 is 2.68 bits per heavy atom. The van der Waals surface area contributed by atoms with Gasteiger partial charge in [0.15, 0.2) is 0 Å². The van der Waals surface area contributed by atoms with Gasteiger partial charge in [-0.3, -0.25) is 4.98 Å². The molecular weight excluding hydrogens is 368 g/mol. The number of halogens is 2. The van der Waals surface area contributed by atoms with Gasteiger partial charge in [0.25, 0.3) is 0 Å². The molecule has 1 heterocycles. The van der Waals surface area contributed by atoms with Gasteiger partial charge in [-0.15, -0.1) is 0 Å². The van der Waals surface area contributed by atoms with Crippen molar-refractivity contribution in [3.05, 3.63) is 62.3 Å². The first-order valence-electron chi connectivity index (χ1n) is 6.16. The number of nitrogens with one attached hydrogen (secondary N) is 1. The van der Waals surface area contributed by atoms with Gasteiger partial charge in [-0.1, -0.05) is 24.3 Å². The summed E-state index contributed by atoms with van der Waals surface area (Å²) in [5.74, 6) is 0. The maximum Gasteiger partial charge on any atom is 0.0684 e. The fourth-order valence-electron chi connectivity index (χ4n) is 2.01. The predicted octanol–water partition coefficient (Wildman–Crippen LogP) is 4.77. The van der Waals surface area contributed by atoms with E-state index in [0.29, 0.717) is 6.04 Å². The zero-order valence-electron chi connectivity index (χ0n) is 11.0. The van der Waals surface area contributed by atoms with Crippen molar-refractivity contribution >= 4 is 31.9 Å². The lowest BCUT2D eigenvalue weighted by molar-refractivity contribution is 0.564. The predicted molar refractivity (Wildman–Crippen MR) is 86.1 cm³/mol. The molecule has 2 aromatic rings. The van der Waals surface area contributed by atoms with E-state index in [4.69, 9.17) is 0 Å². The fourth-order valence-corrected chi connectivity index (χ4v) is 3.13. The molecule has 0 amide bonds. The van der Waals surface area contributed by atoms with Crippen LogP contribution in [0.15, 0.2) is 45.5 Å². The molecule has 2 rings (SSSR count). The summed E-state index contributed by atoms with van der Waals surface area (Å²) in [7, 11) is 0. The minimum absolute atomic E-state index is 0.304. The number of hydrogen-bond acceptors (Lipinski definition) is 2. The molecular formula is C15H16Br2N2. The van der Waals surface area contributed by atoms with Crippen LogP contribution in [0.2, 0.25) is 0 Å². The molecule has 4 heteroatoms. The molecule has 1 aromatic carbocycles. The van der Waals surface area contributed by atoms with E-state index in [1.807, 2.05) is 12.3 Å². The highest BCUT2D eigenvalue weighted by molar-refractivity contribution is 9.11. The standard InChI is InChI=1S/C15H16Br2N2/c1-10-5-3-4-6-13(10)11(2)18-9-15-14(17)7-12(16)8-19-15/h3-8,11,18H,9H2,1-2H3/t11-/m0/s1. The second-order valence-electron chi connectivity index (χ2n) is 4.54. The van der Waals surface area contributed by atoms with Gasteiger partial charge in [-0.25, -0.2) is 0 Å². The van der Waals surface area contributed by atoms with Crippen molar-refractivity contribution < 1.29 is 0 Å². The summed E-state index contributed by atoms with van der Waals surface area (Å²) in [5, 5.41) is 3.51. The van der Waals surface area contributed by atoms with Gasteiger partial charge in [-0.05, 0) is 62.9 Å². The van der Waals surface area contributed by atoms with Crippen molar-refractivity contribution in [2.24, 2.45) is 0 Å². The van der Waals surface area contributed by atoms with E-state index in [-0.39, 0.29) is 0 Å². The molecule has 0 aliphatic rings. The highest BCUT2D eigenvalue weighted by atomic mass is 79.9. The maximum absolute atomic E-state index is 4.41. The van der Waals surface area contributed by atoms with Gasteiger partial charge in [0, 0.05) is 27.7 Å². The normalized spacial score (nSPS) is 12.4. The SMILES string of the molecule is Cc1ccccc1[C@H](C)NCc1ncc(Br)cc1Br. The van der Waals surface area contributed by atoms with E-state index in [0.717, 1.165) is 21.2 Å². The highest BCUT2D eigenvalue weighted by Crippen LogP contribution is 2.21. The summed E-state index contributed by atoms with van der Waals surface area (Å²) in [6, 6.07) is 10.8. The first-order valence-corrected chi connectivity index (χ1v) is 7.75. The molecule has 100 valence electrons. The molecule has 1 aromatic heterocycles. The zero-order valence-corrected chi connectivity index (χ0v) is 14.1. The van der Waals surface area contributed by atoms with Crippen LogP contribution < -0.4 is 5.32 Å². The molecule has 1 atom stereocenters. The van der Waals surface area contributed by atoms with Gasteiger partial charge in [0.1, 0.15) is 0 Å². The van der Waals surface area contributed by atoms with Crippen molar-refractivity contribution in [1.82, 2.24) is 10.3 Å². The average Bonchev–Trinajstić information content (AvgIpc) is 2.38. The third kappa shape index (κ3) is 3.88. The van der Waals surface area contributed by atoms with E-state index in [1.54, 1.807) is 0 Å². The molecule has 0 fully saturated rings. The number of hydrogen-bond donors (Lipinski definition) is 1. The first kappa shape index (κ1) is 14.7. The number of aryl methyl sites for hydroxylation is 1. The van der Waals surface area contributed by atoms with E-state index >= 15 is 0 Å². The second-order valence-corrected chi connectivity index (χ2v) is 6.31. The summed E-state index contributed by atoms with van der Waals surface area (Å²) < 4.78 is 2.00. The Morgan fingerprint density at radius 2 is 2.00 bits per heavy atom. The lowest BCUT2D eigenvalue weighted by Crippen LogP contribution is -2.19. The van der Waals surface area contributed by atoms with Crippen molar-refractivity contribution in [1.29, 1.82) is 0 Å². The number of aromatic nitrogens is 1. The summed E-state index contributed by atoms with van der Waals surface area (Å²) in [4.78, 5) is 4.41. The van der Waals surface area contributed by atoms with E-state index in [9.17, 15) is 0 Å². The van der Waals surface area contributed by atoms with Gasteiger partial charge < -0.3 is 5.32 Å². The maximum atomic E-state index is 4.41. The first-order chi connectivity index (χ1) is 9.08. The van der Waals surface area contributed by atoms with Gasteiger partial charge >= 0.3 is 0 Å². The topological polar surface area (TPSA) is 24.9 Å². The second kappa shape index (κ2) is 6.64. The summed E-state index contributed by atoms with van der Waals surface area (Å²) >= 11 is 6.95. The van der Waals surface area contributed by atoms with Gasteiger partial charge in [0.2, 0.25) is 0 Å². The molecule has 0 spiro atoms. The molecule has 19 heavy (non-hydrogen) atoms. The Morgan fingerprint density at radius 1 is 1.26 bits per heavy atom. The van der Waals surface area contributed by atoms with Crippen LogP contribution >= 0.6 is 31.9 Å². The minimum atomic E-state index is 0.304. The molecule has 1 N–H and O–H groups in total. The number of benzene rings is 1. The number of rotatable bonds is 4. The molecule has 0 unspecified atom stereocenters. The van der Waals surface area contributed by atoms with Crippen LogP contribution in [0.1, 0.15) is 29.8 Å². The number of pyridine rings is 1. The van der Waals surface area contributed by atoms with Crippen LogP contribution in [-0.4, -0.2) is 4.98 Å². The Kier molecular flexibility index (Phi) is 5.13. The molecule has 0 radical (unpaired) electrons. The molecule has 0 saturated heterocycles. The lowest BCUT2D eigenvalue weighted by Gasteiger charge is -2.16. The Labute approximate surface area is 130 Å². The molecule has 0 aliphatic heterocycles. The zero-order chi connectivity index (χ0) is 13.8. The summed E-state index contributed by atoms with van der Waals surface area (Å²) in [6.45, 7) is 5.06. The monoisotopic (exact) mass is 382 g/mol. The largest absolute Gasteiger partial charge is 0.305 e. The number of nitrogens with zero attached hydrogens (tertiary/aromatic N) is 1. The van der Waals surface area contributed by atoms with Crippen molar-refractivity contribution in [3.63, 3.8) is 0 Å². The Bertz CT molecular complexity index is 570. The fraction of sp³-hybridized carbons (Fsp3) is 0.267.